The van der Waals surface area contributed by atoms with Crippen molar-refractivity contribution in [2.75, 3.05) is 42.7 Å². The Bertz CT molecular complexity index is 1570. The summed E-state index contributed by atoms with van der Waals surface area (Å²) >= 11 is 0. The number of methoxy groups -OCH3 is 6. The largest absolute Gasteiger partial charge is 0.493 e. The summed E-state index contributed by atoms with van der Waals surface area (Å²) < 4.78 is 47.5. The molecule has 8 heteroatoms. The number of ether oxygens (including phenoxy) is 8. The van der Waals surface area contributed by atoms with Gasteiger partial charge in [0.2, 0.25) is 23.0 Å². The summed E-state index contributed by atoms with van der Waals surface area (Å²) in [4.78, 5) is 0. The molecule has 4 aromatic rings. The normalized spacial score (nSPS) is 12.3. The first-order valence-electron chi connectivity index (χ1n) is 13.4. The van der Waals surface area contributed by atoms with Crippen molar-refractivity contribution in [1.29, 1.82) is 0 Å². The summed E-state index contributed by atoms with van der Waals surface area (Å²) in [5.41, 5.74) is 4.36. The van der Waals surface area contributed by atoms with Crippen molar-refractivity contribution in [3.63, 3.8) is 0 Å². The van der Waals surface area contributed by atoms with Crippen molar-refractivity contribution in [2.24, 2.45) is 0 Å². The molecule has 43 heavy (non-hydrogen) atoms. The molecular formula is C35H34O8. The molecule has 5 rings (SSSR count). The molecule has 0 aliphatic heterocycles. The maximum absolute atomic E-state index is 6.16. The Hall–Kier alpha value is -5.24. The maximum atomic E-state index is 6.16. The number of benzene rings is 4. The third-order valence-corrected chi connectivity index (χ3v) is 7.73. The van der Waals surface area contributed by atoms with Crippen LogP contribution in [-0.4, -0.2) is 42.7 Å². The van der Waals surface area contributed by atoms with Gasteiger partial charge in [0, 0.05) is 11.1 Å². The van der Waals surface area contributed by atoms with Gasteiger partial charge in [-0.1, -0.05) is 61.7 Å². The molecule has 8 nitrogen and oxygen atoms in total. The second kappa shape index (κ2) is 11.9. The molecule has 0 heterocycles. The van der Waals surface area contributed by atoms with E-state index in [1.54, 1.807) is 42.7 Å². The van der Waals surface area contributed by atoms with Crippen LogP contribution in [0.2, 0.25) is 0 Å². The molecule has 222 valence electrons. The SMILES string of the molecule is C=COc1c(OC)cc(C2(c3cc(OC)c(OC=C)c(OC)c3OC)c3ccccc3-c3ccccc32)c(OC)c1OC. The van der Waals surface area contributed by atoms with Crippen LogP contribution in [-0.2, 0) is 5.41 Å². The highest BCUT2D eigenvalue weighted by atomic mass is 16.6. The van der Waals surface area contributed by atoms with E-state index in [0.29, 0.717) is 57.1 Å². The van der Waals surface area contributed by atoms with Crippen LogP contribution in [0.4, 0.5) is 0 Å². The van der Waals surface area contributed by atoms with Crippen molar-refractivity contribution in [1.82, 2.24) is 0 Å². The second-order valence-electron chi connectivity index (χ2n) is 9.45. The van der Waals surface area contributed by atoms with Gasteiger partial charge < -0.3 is 37.9 Å². The lowest BCUT2D eigenvalue weighted by molar-refractivity contribution is 0.311. The molecule has 0 bridgehead atoms. The van der Waals surface area contributed by atoms with E-state index in [0.717, 1.165) is 22.3 Å². The van der Waals surface area contributed by atoms with Crippen molar-refractivity contribution >= 4 is 0 Å². The minimum absolute atomic E-state index is 0.326. The van der Waals surface area contributed by atoms with E-state index < -0.39 is 5.41 Å². The third kappa shape index (κ3) is 4.21. The minimum atomic E-state index is -1.07. The topological polar surface area (TPSA) is 73.8 Å². The Kier molecular flexibility index (Phi) is 8.12. The monoisotopic (exact) mass is 582 g/mol. The number of rotatable bonds is 12. The summed E-state index contributed by atoms with van der Waals surface area (Å²) in [6.07, 6.45) is 2.62. The molecule has 0 aromatic heterocycles. The van der Waals surface area contributed by atoms with E-state index in [2.05, 4.69) is 37.4 Å². The zero-order valence-electron chi connectivity index (χ0n) is 25.1. The van der Waals surface area contributed by atoms with Crippen molar-refractivity contribution in [3.8, 4) is 57.1 Å². The molecule has 1 aliphatic rings. The lowest BCUT2D eigenvalue weighted by Crippen LogP contribution is -2.30. The molecule has 0 saturated heterocycles. The standard InChI is InChI=1S/C35H34O8/c1-9-42-31-27(36-3)19-25(29(38-5)33(31)40-7)35(23-17-13-11-15-21(23)22-16-12-14-18-24(22)35)26-20-28(37-4)32(43-10-2)34(41-8)30(26)39-6/h9-20H,1-2H2,3-8H3. The molecule has 1 aliphatic carbocycles. The van der Waals surface area contributed by atoms with Crippen molar-refractivity contribution in [2.45, 2.75) is 5.41 Å². The van der Waals surface area contributed by atoms with Gasteiger partial charge in [0.25, 0.3) is 0 Å². The highest BCUT2D eigenvalue weighted by Gasteiger charge is 2.51. The zero-order valence-corrected chi connectivity index (χ0v) is 25.1. The van der Waals surface area contributed by atoms with Gasteiger partial charge in [0.15, 0.2) is 23.0 Å². The lowest BCUT2D eigenvalue weighted by atomic mass is 9.66. The van der Waals surface area contributed by atoms with Gasteiger partial charge in [-0.2, -0.15) is 0 Å². The van der Waals surface area contributed by atoms with E-state index in [1.807, 2.05) is 36.4 Å². The first kappa shape index (κ1) is 29.3. The molecule has 0 amide bonds. The fourth-order valence-corrected chi connectivity index (χ4v) is 6.19. The van der Waals surface area contributed by atoms with Gasteiger partial charge in [-0.25, -0.2) is 0 Å². The van der Waals surface area contributed by atoms with Crippen LogP contribution in [0.15, 0.2) is 86.3 Å². The van der Waals surface area contributed by atoms with Crippen LogP contribution in [0.1, 0.15) is 22.3 Å². The summed E-state index contributed by atoms with van der Waals surface area (Å²) in [5.74, 6) is 3.01. The van der Waals surface area contributed by atoms with E-state index in [4.69, 9.17) is 37.9 Å². The number of hydrogen-bond donors (Lipinski definition) is 0. The van der Waals surface area contributed by atoms with Gasteiger partial charge in [0.1, 0.15) is 0 Å². The maximum Gasteiger partial charge on any atom is 0.214 e. The third-order valence-electron chi connectivity index (χ3n) is 7.73. The average Bonchev–Trinajstić information content (AvgIpc) is 3.35. The molecule has 0 N–H and O–H groups in total. The fraction of sp³-hybridized carbons (Fsp3) is 0.200. The summed E-state index contributed by atoms with van der Waals surface area (Å²) in [6, 6.07) is 20.2. The number of hydrogen-bond acceptors (Lipinski definition) is 8. The lowest BCUT2D eigenvalue weighted by Gasteiger charge is -2.37. The molecule has 0 saturated carbocycles. The molecular weight excluding hydrogens is 548 g/mol. The van der Waals surface area contributed by atoms with Gasteiger partial charge in [-0.3, -0.25) is 0 Å². The number of fused-ring (bicyclic) bond motifs is 3. The van der Waals surface area contributed by atoms with Gasteiger partial charge >= 0.3 is 0 Å². The Labute approximate surface area is 251 Å². The predicted octanol–water partition coefficient (Wildman–Crippen LogP) is 7.15. The zero-order chi connectivity index (χ0) is 30.7. The van der Waals surface area contributed by atoms with E-state index in [9.17, 15) is 0 Å². The quantitative estimate of drug-likeness (QED) is 0.144. The molecule has 0 fully saturated rings. The Morgan fingerprint density at radius 3 is 1.16 bits per heavy atom. The first-order chi connectivity index (χ1) is 21.0. The predicted molar refractivity (Wildman–Crippen MR) is 165 cm³/mol. The van der Waals surface area contributed by atoms with Gasteiger partial charge in [0.05, 0.1) is 60.6 Å². The summed E-state index contributed by atoms with van der Waals surface area (Å²) in [6.45, 7) is 7.46. The Balaban J connectivity index is 2.10. The van der Waals surface area contributed by atoms with Crippen LogP contribution >= 0.6 is 0 Å². The fourth-order valence-electron chi connectivity index (χ4n) is 6.19. The van der Waals surface area contributed by atoms with Crippen LogP contribution in [0, 0.1) is 0 Å². The second-order valence-corrected chi connectivity index (χ2v) is 9.45. The molecule has 4 aromatic carbocycles. The van der Waals surface area contributed by atoms with Crippen LogP contribution in [0.5, 0.6) is 46.0 Å². The van der Waals surface area contributed by atoms with Crippen molar-refractivity contribution < 1.29 is 37.9 Å². The highest BCUT2D eigenvalue weighted by Crippen LogP contribution is 2.64. The first-order valence-corrected chi connectivity index (χ1v) is 13.4. The van der Waals surface area contributed by atoms with Gasteiger partial charge in [-0.15, -0.1) is 0 Å². The molecule has 0 radical (unpaired) electrons. The Morgan fingerprint density at radius 1 is 0.465 bits per heavy atom. The minimum Gasteiger partial charge on any atom is -0.493 e. The summed E-state index contributed by atoms with van der Waals surface area (Å²) in [5, 5.41) is 0. The Morgan fingerprint density at radius 2 is 0.837 bits per heavy atom. The average molecular weight is 583 g/mol. The smallest absolute Gasteiger partial charge is 0.214 e. The molecule has 0 spiro atoms. The van der Waals surface area contributed by atoms with Crippen LogP contribution in [0.3, 0.4) is 0 Å². The van der Waals surface area contributed by atoms with Gasteiger partial charge in [-0.05, 0) is 34.4 Å². The highest BCUT2D eigenvalue weighted by molar-refractivity contribution is 5.89. The molecule has 0 unspecified atom stereocenters. The van der Waals surface area contributed by atoms with Crippen LogP contribution < -0.4 is 37.9 Å². The van der Waals surface area contributed by atoms with E-state index in [1.165, 1.54) is 12.5 Å². The molecule has 0 atom stereocenters. The van der Waals surface area contributed by atoms with E-state index >= 15 is 0 Å². The summed E-state index contributed by atoms with van der Waals surface area (Å²) in [7, 11) is 9.41. The van der Waals surface area contributed by atoms with E-state index in [-0.39, 0.29) is 0 Å². The van der Waals surface area contributed by atoms with Crippen molar-refractivity contribution in [3.05, 3.63) is 109 Å². The van der Waals surface area contributed by atoms with Crippen LogP contribution in [0.25, 0.3) is 11.1 Å².